The molecule has 0 aromatic heterocycles. The average molecular weight is 1120 g/mol. The summed E-state index contributed by atoms with van der Waals surface area (Å²) in [5.74, 6) is -1.11. The molecule has 0 aliphatic heterocycles. The molecule has 0 spiro atoms. The lowest BCUT2D eigenvalue weighted by atomic mass is 10.0. The van der Waals surface area contributed by atoms with Crippen LogP contribution in [0.25, 0.3) is 0 Å². The van der Waals surface area contributed by atoms with Crippen molar-refractivity contribution in [3.05, 3.63) is 158 Å². The molecule has 1 atom stereocenters. The van der Waals surface area contributed by atoms with Crippen molar-refractivity contribution in [3.63, 3.8) is 0 Å². The summed E-state index contributed by atoms with van der Waals surface area (Å²) < 4.78 is 16.8. The van der Waals surface area contributed by atoms with E-state index in [0.717, 1.165) is 116 Å². The Balaban J connectivity index is 4.51. The number of carbonyl (C=O) groups excluding carboxylic acids is 3. The number of hydrogen-bond donors (Lipinski definition) is 0. The Labute approximate surface area is 499 Å². The second kappa shape index (κ2) is 67.5. The molecule has 0 aromatic rings. The van der Waals surface area contributed by atoms with Gasteiger partial charge in [-0.1, -0.05) is 307 Å². The molecule has 0 aromatic carbocycles. The van der Waals surface area contributed by atoms with Crippen LogP contribution in [-0.4, -0.2) is 37.2 Å². The molecular formula is C75H120O6. The SMILES string of the molecule is CC/C=C\C/C=C\C/C=C\C/C=C\C/C=C\C/C=C\C/C=C\C/C=C\CCCCC(=O)OCC(COC(=O)C/C=C\C/C=C\C/C=C\C/C=C\C/C=C\CC)OC(=O)CCCCCCCCCCCCCCCCCCCCCCC. The number of unbranched alkanes of at least 4 members (excludes halogenated alkanes) is 22. The molecule has 1 unspecified atom stereocenters. The molecule has 0 N–H and O–H groups in total. The third kappa shape index (κ3) is 65.7. The highest BCUT2D eigenvalue weighted by atomic mass is 16.6. The van der Waals surface area contributed by atoms with Crippen LogP contribution in [0.3, 0.4) is 0 Å². The fourth-order valence-electron chi connectivity index (χ4n) is 8.71. The van der Waals surface area contributed by atoms with Gasteiger partial charge < -0.3 is 14.2 Å². The highest BCUT2D eigenvalue weighted by molar-refractivity contribution is 5.72. The maximum absolute atomic E-state index is 12.9. The largest absolute Gasteiger partial charge is 0.462 e. The number of carbonyl (C=O) groups is 3. The van der Waals surface area contributed by atoms with E-state index in [1.165, 1.54) is 116 Å². The number of rotatable bonds is 58. The van der Waals surface area contributed by atoms with Crippen LogP contribution in [0.1, 0.15) is 278 Å². The van der Waals surface area contributed by atoms with Crippen molar-refractivity contribution in [2.45, 2.75) is 284 Å². The Morgan fingerprint density at radius 3 is 0.864 bits per heavy atom. The van der Waals surface area contributed by atoms with Crippen LogP contribution in [0, 0.1) is 0 Å². The maximum atomic E-state index is 12.9. The summed E-state index contributed by atoms with van der Waals surface area (Å²) in [6.45, 7) is 6.30. The van der Waals surface area contributed by atoms with E-state index in [1.807, 2.05) is 6.08 Å². The van der Waals surface area contributed by atoms with E-state index in [-0.39, 0.29) is 38.0 Å². The zero-order chi connectivity index (χ0) is 58.5. The van der Waals surface area contributed by atoms with Crippen molar-refractivity contribution in [1.82, 2.24) is 0 Å². The van der Waals surface area contributed by atoms with Gasteiger partial charge in [-0.05, 0) is 109 Å². The molecule has 6 nitrogen and oxygen atoms in total. The normalized spacial score (nSPS) is 13.2. The fourth-order valence-corrected chi connectivity index (χ4v) is 8.71. The summed E-state index contributed by atoms with van der Waals surface area (Å²) in [7, 11) is 0. The standard InChI is InChI=1S/C75H120O6/c1-4-7-10-13-16-19-22-25-28-30-32-34-35-36-37-38-39-41-42-44-47-50-53-56-59-62-65-68-74(77)80-71-72(70-79-73(76)67-64-61-58-55-52-49-46-27-24-21-18-15-12-9-6-3)81-75(78)69-66-63-60-57-54-51-48-45-43-40-33-31-29-26-23-20-17-14-11-8-5-2/h7,9-10,12,16,18-19,21,25,27-28,32,34,36-37,39,41,44,46-47,52-53,55-56,61,64,72H,4-6,8,11,13-15,17,20,22-24,26,29-31,33,35,38,40,42-43,45,48-51,54,57-60,62-63,65-71H2,1-3H3/b10-7-,12-9-,19-16-,21-18-,28-25-,34-32-,37-36-,41-39-,46-27-,47-44-,55-52-,56-53-,64-61-. The molecule has 0 saturated heterocycles. The molecule has 0 radical (unpaired) electrons. The summed E-state index contributed by atoms with van der Waals surface area (Å²) >= 11 is 0. The lowest BCUT2D eigenvalue weighted by Crippen LogP contribution is -2.30. The molecular weight excluding hydrogens is 997 g/mol. The first-order chi connectivity index (χ1) is 40.0. The van der Waals surface area contributed by atoms with Crippen molar-refractivity contribution in [2.75, 3.05) is 13.2 Å². The minimum absolute atomic E-state index is 0.114. The van der Waals surface area contributed by atoms with E-state index >= 15 is 0 Å². The van der Waals surface area contributed by atoms with Crippen LogP contribution < -0.4 is 0 Å². The molecule has 0 saturated carbocycles. The van der Waals surface area contributed by atoms with Gasteiger partial charge in [0.05, 0.1) is 6.42 Å². The Hall–Kier alpha value is -4.97. The highest BCUT2D eigenvalue weighted by Gasteiger charge is 2.19. The Morgan fingerprint density at radius 2 is 0.531 bits per heavy atom. The Kier molecular flexibility index (Phi) is 63.4. The van der Waals surface area contributed by atoms with Crippen LogP contribution in [-0.2, 0) is 28.6 Å². The van der Waals surface area contributed by atoms with Gasteiger partial charge in [0, 0.05) is 12.8 Å². The topological polar surface area (TPSA) is 78.9 Å². The van der Waals surface area contributed by atoms with Crippen LogP contribution in [0.15, 0.2) is 158 Å². The lowest BCUT2D eigenvalue weighted by Gasteiger charge is -2.18. The number of ether oxygens (including phenoxy) is 3. The van der Waals surface area contributed by atoms with Crippen molar-refractivity contribution in [3.8, 4) is 0 Å². The van der Waals surface area contributed by atoms with E-state index < -0.39 is 12.1 Å². The predicted octanol–water partition coefficient (Wildman–Crippen LogP) is 22.9. The first-order valence-corrected chi connectivity index (χ1v) is 33.0. The van der Waals surface area contributed by atoms with Crippen molar-refractivity contribution in [1.29, 1.82) is 0 Å². The lowest BCUT2D eigenvalue weighted by molar-refractivity contribution is -0.166. The van der Waals surface area contributed by atoms with Crippen LogP contribution in [0.2, 0.25) is 0 Å². The third-order valence-corrected chi connectivity index (χ3v) is 13.6. The van der Waals surface area contributed by atoms with Gasteiger partial charge in [-0.15, -0.1) is 0 Å². The van der Waals surface area contributed by atoms with E-state index in [0.29, 0.717) is 12.8 Å². The number of allylic oxidation sites excluding steroid dienone is 25. The second-order valence-electron chi connectivity index (χ2n) is 21.3. The molecule has 0 rings (SSSR count). The Morgan fingerprint density at radius 1 is 0.272 bits per heavy atom. The molecule has 6 heteroatoms. The van der Waals surface area contributed by atoms with Gasteiger partial charge in [-0.25, -0.2) is 0 Å². The second-order valence-corrected chi connectivity index (χ2v) is 21.3. The minimum Gasteiger partial charge on any atom is -0.462 e. The smallest absolute Gasteiger partial charge is 0.309 e. The molecule has 0 heterocycles. The first kappa shape index (κ1) is 76.0. The predicted molar refractivity (Wildman–Crippen MR) is 352 cm³/mol. The third-order valence-electron chi connectivity index (χ3n) is 13.6. The summed E-state index contributed by atoms with van der Waals surface area (Å²) in [5.41, 5.74) is 0. The monoisotopic (exact) mass is 1120 g/mol. The molecule has 0 amide bonds. The molecule has 0 bridgehead atoms. The van der Waals surface area contributed by atoms with Gasteiger partial charge >= 0.3 is 17.9 Å². The van der Waals surface area contributed by atoms with E-state index in [4.69, 9.17) is 14.2 Å². The van der Waals surface area contributed by atoms with Crippen LogP contribution in [0.4, 0.5) is 0 Å². The molecule has 0 aliphatic carbocycles. The highest BCUT2D eigenvalue weighted by Crippen LogP contribution is 2.16. The summed E-state index contributed by atoms with van der Waals surface area (Å²) in [5, 5.41) is 0. The van der Waals surface area contributed by atoms with Gasteiger partial charge in [0.25, 0.3) is 0 Å². The van der Waals surface area contributed by atoms with E-state index in [2.05, 4.69) is 167 Å². The summed E-state index contributed by atoms with van der Waals surface area (Å²) in [4.78, 5) is 38.3. The van der Waals surface area contributed by atoms with Crippen molar-refractivity contribution >= 4 is 17.9 Å². The zero-order valence-corrected chi connectivity index (χ0v) is 52.2. The van der Waals surface area contributed by atoms with E-state index in [1.54, 1.807) is 6.08 Å². The van der Waals surface area contributed by atoms with Gasteiger partial charge in [-0.3, -0.25) is 14.4 Å². The maximum Gasteiger partial charge on any atom is 0.309 e. The summed E-state index contributed by atoms with van der Waals surface area (Å²) in [6.07, 6.45) is 98.6. The van der Waals surface area contributed by atoms with Crippen LogP contribution in [0.5, 0.6) is 0 Å². The first-order valence-electron chi connectivity index (χ1n) is 33.0. The Bertz CT molecular complexity index is 1810. The van der Waals surface area contributed by atoms with Gasteiger partial charge in [0.2, 0.25) is 0 Å². The quantitative estimate of drug-likeness (QED) is 0.0261. The average Bonchev–Trinajstić information content (AvgIpc) is 3.47. The van der Waals surface area contributed by atoms with Crippen LogP contribution >= 0.6 is 0 Å². The number of hydrogen-bond acceptors (Lipinski definition) is 6. The molecule has 0 fully saturated rings. The summed E-state index contributed by atoms with van der Waals surface area (Å²) in [6, 6.07) is 0. The van der Waals surface area contributed by atoms with Gasteiger partial charge in [0.1, 0.15) is 13.2 Å². The molecule has 81 heavy (non-hydrogen) atoms. The molecule has 0 aliphatic rings. The van der Waals surface area contributed by atoms with Crippen molar-refractivity contribution < 1.29 is 28.6 Å². The molecule has 456 valence electrons. The van der Waals surface area contributed by atoms with Gasteiger partial charge in [0.15, 0.2) is 6.10 Å². The zero-order valence-electron chi connectivity index (χ0n) is 52.2. The fraction of sp³-hybridized carbons (Fsp3) is 0.613. The minimum atomic E-state index is -0.843. The van der Waals surface area contributed by atoms with Gasteiger partial charge in [-0.2, -0.15) is 0 Å². The van der Waals surface area contributed by atoms with E-state index in [9.17, 15) is 14.4 Å². The number of esters is 3. The van der Waals surface area contributed by atoms with Crippen molar-refractivity contribution in [2.24, 2.45) is 0 Å².